The van der Waals surface area contributed by atoms with Gasteiger partial charge in [-0.15, -0.1) is 11.3 Å². The first-order chi connectivity index (χ1) is 12.0. The Labute approximate surface area is 151 Å². The number of fused-ring (bicyclic) bond motifs is 1. The molecule has 7 heteroatoms. The summed E-state index contributed by atoms with van der Waals surface area (Å²) in [5, 5.41) is 18.4. The second-order valence-corrected chi connectivity index (χ2v) is 7.36. The van der Waals surface area contributed by atoms with Crippen molar-refractivity contribution in [3.63, 3.8) is 0 Å². The topological polar surface area (TPSA) is 93.1 Å². The zero-order valence-corrected chi connectivity index (χ0v) is 15.4. The average Bonchev–Trinajstić information content (AvgIpc) is 2.96. The Morgan fingerprint density at radius 2 is 1.52 bits per heavy atom. The molecule has 0 aliphatic carbocycles. The fourth-order valence-electron chi connectivity index (χ4n) is 2.95. The average molecular weight is 370 g/mol. The number of carboxylic acids is 2. The van der Waals surface area contributed by atoms with Crippen LogP contribution >= 0.6 is 11.3 Å². The third kappa shape index (κ3) is 5.36. The van der Waals surface area contributed by atoms with Gasteiger partial charge in [-0.05, 0) is 12.8 Å². The molecule has 0 saturated carbocycles. The maximum atomic E-state index is 11.3. The first kappa shape index (κ1) is 19.6. The highest BCUT2D eigenvalue weighted by Gasteiger charge is 2.34. The molecule has 0 spiro atoms. The van der Waals surface area contributed by atoms with Crippen LogP contribution in [0.15, 0.2) is 0 Å². The molecule has 1 aromatic rings. The van der Waals surface area contributed by atoms with Gasteiger partial charge < -0.3 is 19.7 Å². The standard InChI is InChI=1S/C18H26O6S/c1-2-3-4-5-6-7-8-9-10-12-11-23-13-14(24-12)16(18(21)22)25-15(13)17(19)20/h12H,2-11H2,1H3,(H,19,20)(H,21,22). The van der Waals surface area contributed by atoms with Crippen molar-refractivity contribution in [3.8, 4) is 11.5 Å². The van der Waals surface area contributed by atoms with E-state index in [2.05, 4.69) is 6.92 Å². The molecule has 1 aliphatic heterocycles. The summed E-state index contributed by atoms with van der Waals surface area (Å²) in [4.78, 5) is 22.3. The first-order valence-electron chi connectivity index (χ1n) is 8.97. The number of carboxylic acid groups (broad SMARTS) is 2. The number of thiophene rings is 1. The van der Waals surface area contributed by atoms with E-state index in [1.165, 1.54) is 38.5 Å². The summed E-state index contributed by atoms with van der Waals surface area (Å²) in [6.45, 7) is 2.47. The summed E-state index contributed by atoms with van der Waals surface area (Å²) in [5.74, 6) is -2.25. The Bertz CT molecular complexity index is 595. The zero-order chi connectivity index (χ0) is 18.2. The minimum absolute atomic E-state index is 0.0575. The molecule has 6 nitrogen and oxygen atoms in total. The zero-order valence-electron chi connectivity index (χ0n) is 14.6. The van der Waals surface area contributed by atoms with E-state index in [1.54, 1.807) is 0 Å². The molecule has 0 aromatic carbocycles. The third-order valence-electron chi connectivity index (χ3n) is 4.29. The van der Waals surface area contributed by atoms with Crippen LogP contribution in [0, 0.1) is 0 Å². The van der Waals surface area contributed by atoms with E-state index in [0.717, 1.165) is 19.3 Å². The predicted octanol–water partition coefficient (Wildman–Crippen LogP) is 4.82. The lowest BCUT2D eigenvalue weighted by atomic mass is 10.1. The van der Waals surface area contributed by atoms with E-state index >= 15 is 0 Å². The van der Waals surface area contributed by atoms with Gasteiger partial charge in [0.1, 0.15) is 12.7 Å². The number of hydrogen-bond acceptors (Lipinski definition) is 5. The number of hydrogen-bond donors (Lipinski definition) is 2. The summed E-state index contributed by atoms with van der Waals surface area (Å²) in [5.41, 5.74) is 0. The SMILES string of the molecule is CCCCCCCCCCC1COc2c(C(=O)O)sc(C(=O)O)c2O1. The molecular weight excluding hydrogens is 344 g/mol. The van der Waals surface area contributed by atoms with Gasteiger partial charge in [0.15, 0.2) is 21.3 Å². The van der Waals surface area contributed by atoms with Crippen LogP contribution in [-0.2, 0) is 0 Å². The normalized spacial score (nSPS) is 16.0. The predicted molar refractivity (Wildman–Crippen MR) is 95.4 cm³/mol. The van der Waals surface area contributed by atoms with Crippen LogP contribution in [0.25, 0.3) is 0 Å². The fourth-order valence-corrected chi connectivity index (χ4v) is 3.80. The third-order valence-corrected chi connectivity index (χ3v) is 5.42. The van der Waals surface area contributed by atoms with Crippen molar-refractivity contribution in [1.29, 1.82) is 0 Å². The number of aromatic carboxylic acids is 2. The summed E-state index contributed by atoms with van der Waals surface area (Å²) in [6.07, 6.45) is 10.3. The van der Waals surface area contributed by atoms with Crippen molar-refractivity contribution < 1.29 is 29.3 Å². The molecule has 1 unspecified atom stereocenters. The molecule has 0 amide bonds. The molecule has 0 bridgehead atoms. The number of rotatable bonds is 11. The molecule has 2 rings (SSSR count). The van der Waals surface area contributed by atoms with Gasteiger partial charge in [-0.3, -0.25) is 0 Å². The first-order valence-corrected chi connectivity index (χ1v) is 9.79. The lowest BCUT2D eigenvalue weighted by Gasteiger charge is -2.25. The summed E-state index contributed by atoms with van der Waals surface area (Å²) in [6, 6.07) is 0. The van der Waals surface area contributed by atoms with Gasteiger partial charge in [0.05, 0.1) is 0 Å². The molecule has 1 aromatic heterocycles. The maximum Gasteiger partial charge on any atom is 0.349 e. The van der Waals surface area contributed by atoms with Crippen LogP contribution in [-0.4, -0.2) is 34.9 Å². The second kappa shape index (κ2) is 9.65. The molecular formula is C18H26O6S. The van der Waals surface area contributed by atoms with Crippen molar-refractivity contribution in [1.82, 2.24) is 0 Å². The Morgan fingerprint density at radius 1 is 0.960 bits per heavy atom. The minimum atomic E-state index is -1.20. The van der Waals surface area contributed by atoms with Gasteiger partial charge >= 0.3 is 11.9 Å². The lowest BCUT2D eigenvalue weighted by molar-refractivity contribution is 0.0621. The van der Waals surface area contributed by atoms with E-state index in [0.29, 0.717) is 11.3 Å². The van der Waals surface area contributed by atoms with Crippen LogP contribution in [0.4, 0.5) is 0 Å². The smallest absolute Gasteiger partial charge is 0.349 e. The molecule has 0 fully saturated rings. The van der Waals surface area contributed by atoms with Crippen molar-refractivity contribution in [3.05, 3.63) is 9.75 Å². The highest BCUT2D eigenvalue weighted by Crippen LogP contribution is 2.45. The summed E-state index contributed by atoms with van der Waals surface area (Å²) < 4.78 is 11.3. The number of carbonyl (C=O) groups is 2. The number of ether oxygens (including phenoxy) is 2. The van der Waals surface area contributed by atoms with Gasteiger partial charge in [-0.25, -0.2) is 9.59 Å². The van der Waals surface area contributed by atoms with Crippen LogP contribution < -0.4 is 9.47 Å². The Hall–Kier alpha value is -1.76. The molecule has 1 aliphatic rings. The second-order valence-electron chi connectivity index (χ2n) is 6.34. The summed E-state index contributed by atoms with van der Waals surface area (Å²) in [7, 11) is 0. The van der Waals surface area contributed by atoms with E-state index in [4.69, 9.17) is 14.6 Å². The molecule has 1 atom stereocenters. The largest absolute Gasteiger partial charge is 0.484 e. The van der Waals surface area contributed by atoms with E-state index in [9.17, 15) is 14.7 Å². The van der Waals surface area contributed by atoms with Crippen molar-refractivity contribution >= 4 is 23.3 Å². The molecule has 25 heavy (non-hydrogen) atoms. The Balaban J connectivity index is 1.80. The minimum Gasteiger partial charge on any atom is -0.484 e. The van der Waals surface area contributed by atoms with E-state index < -0.39 is 11.9 Å². The molecule has 0 saturated heterocycles. The quantitative estimate of drug-likeness (QED) is 0.543. The maximum absolute atomic E-state index is 11.3. The van der Waals surface area contributed by atoms with Crippen molar-refractivity contribution in [2.45, 2.75) is 70.8 Å². The van der Waals surface area contributed by atoms with Gasteiger partial charge in [-0.2, -0.15) is 0 Å². The van der Waals surface area contributed by atoms with E-state index in [1.807, 2.05) is 0 Å². The summed E-state index contributed by atoms with van der Waals surface area (Å²) >= 11 is 0.686. The van der Waals surface area contributed by atoms with E-state index in [-0.39, 0.29) is 34.0 Å². The molecule has 2 heterocycles. The number of unbranched alkanes of at least 4 members (excludes halogenated alkanes) is 7. The van der Waals surface area contributed by atoms with Crippen LogP contribution in [0.1, 0.15) is 84.1 Å². The van der Waals surface area contributed by atoms with Crippen LogP contribution in [0.3, 0.4) is 0 Å². The monoisotopic (exact) mass is 370 g/mol. The molecule has 140 valence electrons. The van der Waals surface area contributed by atoms with Crippen LogP contribution in [0.5, 0.6) is 11.5 Å². The Kier molecular flexibility index (Phi) is 7.55. The highest BCUT2D eigenvalue weighted by atomic mass is 32.1. The van der Waals surface area contributed by atoms with Crippen molar-refractivity contribution in [2.24, 2.45) is 0 Å². The highest BCUT2D eigenvalue weighted by molar-refractivity contribution is 7.16. The van der Waals surface area contributed by atoms with Gasteiger partial charge in [0.25, 0.3) is 0 Å². The van der Waals surface area contributed by atoms with Gasteiger partial charge in [0.2, 0.25) is 0 Å². The molecule has 0 radical (unpaired) electrons. The fraction of sp³-hybridized carbons (Fsp3) is 0.667. The van der Waals surface area contributed by atoms with Crippen molar-refractivity contribution in [2.75, 3.05) is 6.61 Å². The van der Waals surface area contributed by atoms with Gasteiger partial charge in [-0.1, -0.05) is 51.9 Å². The van der Waals surface area contributed by atoms with Gasteiger partial charge in [0, 0.05) is 0 Å². The molecule has 2 N–H and O–H groups in total. The Morgan fingerprint density at radius 3 is 2.12 bits per heavy atom. The van der Waals surface area contributed by atoms with Crippen LogP contribution in [0.2, 0.25) is 0 Å². The lowest BCUT2D eigenvalue weighted by Crippen LogP contribution is -2.29.